The molecule has 1 aliphatic rings. The largest absolute Gasteiger partial charge is 0.384 e. The molecule has 0 saturated heterocycles. The van der Waals surface area contributed by atoms with Gasteiger partial charge in [0.05, 0.1) is 16.3 Å². The maximum Gasteiger partial charge on any atom is 0.180 e. The van der Waals surface area contributed by atoms with E-state index in [2.05, 4.69) is 5.32 Å². The number of rotatable bonds is 6. The normalized spacial score (nSPS) is 23.0. The Labute approximate surface area is 128 Å². The molecule has 1 saturated carbocycles. The van der Waals surface area contributed by atoms with E-state index < -0.39 is 9.84 Å². The average molecular weight is 310 g/mol. The van der Waals surface area contributed by atoms with Gasteiger partial charge in [-0.2, -0.15) is 0 Å². The minimum atomic E-state index is -3.19. The first-order valence-electron chi connectivity index (χ1n) is 7.84. The van der Waals surface area contributed by atoms with Gasteiger partial charge in [0.15, 0.2) is 9.84 Å². The number of nitrogens with two attached hydrogens (primary N) is 1. The Morgan fingerprint density at radius 2 is 2.05 bits per heavy atom. The third-order valence-electron chi connectivity index (χ3n) is 4.10. The molecule has 1 aromatic rings. The number of hydrogen-bond donors (Lipinski definition) is 2. The van der Waals surface area contributed by atoms with E-state index in [0.29, 0.717) is 23.3 Å². The van der Waals surface area contributed by atoms with Crippen molar-refractivity contribution in [2.45, 2.75) is 50.0 Å². The highest BCUT2D eigenvalue weighted by Gasteiger charge is 2.21. The van der Waals surface area contributed by atoms with Crippen LogP contribution in [0.25, 0.3) is 0 Å². The zero-order valence-electron chi connectivity index (χ0n) is 12.7. The van der Waals surface area contributed by atoms with Crippen molar-refractivity contribution in [1.82, 2.24) is 0 Å². The summed E-state index contributed by atoms with van der Waals surface area (Å²) in [7, 11) is -3.19. The number of sulfone groups is 1. The van der Waals surface area contributed by atoms with Crippen LogP contribution in [0, 0.1) is 5.92 Å². The van der Waals surface area contributed by atoms with Crippen molar-refractivity contribution >= 4 is 15.5 Å². The Morgan fingerprint density at radius 1 is 1.29 bits per heavy atom. The lowest BCUT2D eigenvalue weighted by Crippen LogP contribution is -2.31. The van der Waals surface area contributed by atoms with Gasteiger partial charge in [-0.25, -0.2) is 8.42 Å². The average Bonchev–Trinajstić information content (AvgIpc) is 2.45. The van der Waals surface area contributed by atoms with E-state index in [0.717, 1.165) is 25.1 Å². The summed E-state index contributed by atoms with van der Waals surface area (Å²) in [6.45, 7) is 2.68. The van der Waals surface area contributed by atoms with Crippen LogP contribution in [0.5, 0.6) is 0 Å². The van der Waals surface area contributed by atoms with Gasteiger partial charge in [-0.1, -0.05) is 25.5 Å². The molecular formula is C16H26N2O2S. The van der Waals surface area contributed by atoms with Crippen LogP contribution in [-0.4, -0.2) is 26.8 Å². The summed E-state index contributed by atoms with van der Waals surface area (Å²) in [6.07, 6.45) is 5.11. The van der Waals surface area contributed by atoms with Crippen LogP contribution in [0.3, 0.4) is 0 Å². The fourth-order valence-corrected chi connectivity index (χ4v) is 4.55. The van der Waals surface area contributed by atoms with Crippen LogP contribution in [0.15, 0.2) is 29.2 Å². The van der Waals surface area contributed by atoms with Gasteiger partial charge in [-0.3, -0.25) is 0 Å². The van der Waals surface area contributed by atoms with Gasteiger partial charge in [-0.15, -0.1) is 0 Å². The zero-order valence-corrected chi connectivity index (χ0v) is 13.5. The molecule has 1 aromatic carbocycles. The summed E-state index contributed by atoms with van der Waals surface area (Å²) < 4.78 is 24.6. The predicted octanol–water partition coefficient (Wildman–Crippen LogP) is 2.80. The lowest BCUT2D eigenvalue weighted by Gasteiger charge is -2.27. The van der Waals surface area contributed by atoms with E-state index in [1.54, 1.807) is 12.1 Å². The second-order valence-corrected chi connectivity index (χ2v) is 8.07. The molecule has 0 aromatic heterocycles. The van der Waals surface area contributed by atoms with Crippen molar-refractivity contribution in [3.8, 4) is 0 Å². The van der Waals surface area contributed by atoms with E-state index in [9.17, 15) is 8.42 Å². The monoisotopic (exact) mass is 310 g/mol. The number of para-hydroxylation sites is 1. The van der Waals surface area contributed by atoms with Crippen LogP contribution in [-0.2, 0) is 9.84 Å². The smallest absolute Gasteiger partial charge is 0.180 e. The standard InChI is InChI=1S/C16H26N2O2S/c1-2-10-21(19,20)16-9-4-3-8-15(16)18-12-13-6-5-7-14(17)11-13/h3-4,8-9,13-14,18H,2,5-7,10-12,17H2,1H3. The van der Waals surface area contributed by atoms with Gasteiger partial charge in [-0.05, 0) is 43.7 Å². The van der Waals surface area contributed by atoms with Gasteiger partial charge in [0, 0.05) is 12.6 Å². The summed E-state index contributed by atoms with van der Waals surface area (Å²) in [5, 5.41) is 3.33. The molecule has 1 aliphatic carbocycles. The number of hydrogen-bond acceptors (Lipinski definition) is 4. The molecule has 0 bridgehead atoms. The van der Waals surface area contributed by atoms with Crippen molar-refractivity contribution in [1.29, 1.82) is 0 Å². The highest BCUT2D eigenvalue weighted by molar-refractivity contribution is 7.91. The van der Waals surface area contributed by atoms with Crippen molar-refractivity contribution in [3.63, 3.8) is 0 Å². The van der Waals surface area contributed by atoms with E-state index >= 15 is 0 Å². The fraction of sp³-hybridized carbons (Fsp3) is 0.625. The Balaban J connectivity index is 2.06. The van der Waals surface area contributed by atoms with Gasteiger partial charge in [0.2, 0.25) is 0 Å². The predicted molar refractivity (Wildman–Crippen MR) is 87.2 cm³/mol. The first-order valence-corrected chi connectivity index (χ1v) is 9.49. The van der Waals surface area contributed by atoms with Gasteiger partial charge < -0.3 is 11.1 Å². The second kappa shape index (κ2) is 7.27. The Bertz CT molecular complexity index is 557. The molecule has 2 rings (SSSR count). The number of benzene rings is 1. The maximum absolute atomic E-state index is 12.3. The molecule has 5 heteroatoms. The van der Waals surface area contributed by atoms with Crippen LogP contribution in [0.2, 0.25) is 0 Å². The highest BCUT2D eigenvalue weighted by Crippen LogP contribution is 2.26. The van der Waals surface area contributed by atoms with Crippen LogP contribution in [0.1, 0.15) is 39.0 Å². The molecule has 0 heterocycles. The molecule has 3 N–H and O–H groups in total. The van der Waals surface area contributed by atoms with Crippen molar-refractivity contribution in [2.75, 3.05) is 17.6 Å². The number of nitrogens with one attached hydrogen (secondary N) is 1. The lowest BCUT2D eigenvalue weighted by atomic mass is 9.86. The summed E-state index contributed by atoms with van der Waals surface area (Å²) in [5.74, 6) is 0.732. The maximum atomic E-state index is 12.3. The van der Waals surface area contributed by atoms with Crippen LogP contribution < -0.4 is 11.1 Å². The molecule has 0 amide bonds. The second-order valence-electron chi connectivity index (χ2n) is 5.99. The molecule has 2 unspecified atom stereocenters. The Kier molecular flexibility index (Phi) is 5.65. The fourth-order valence-electron chi connectivity index (χ4n) is 3.03. The molecular weight excluding hydrogens is 284 g/mol. The topological polar surface area (TPSA) is 72.2 Å². The lowest BCUT2D eigenvalue weighted by molar-refractivity contribution is 0.335. The quantitative estimate of drug-likeness (QED) is 0.847. The molecule has 0 aliphatic heterocycles. The van der Waals surface area contributed by atoms with Gasteiger partial charge >= 0.3 is 0 Å². The molecule has 4 nitrogen and oxygen atoms in total. The van der Waals surface area contributed by atoms with Crippen LogP contribution >= 0.6 is 0 Å². The minimum Gasteiger partial charge on any atom is -0.384 e. The van der Waals surface area contributed by atoms with E-state index in [1.165, 1.54) is 12.8 Å². The summed E-state index contributed by atoms with van der Waals surface area (Å²) >= 11 is 0. The molecule has 0 radical (unpaired) electrons. The Hall–Kier alpha value is -1.07. The number of anilines is 1. The van der Waals surface area contributed by atoms with E-state index in [4.69, 9.17) is 5.73 Å². The van der Waals surface area contributed by atoms with Gasteiger partial charge in [0.25, 0.3) is 0 Å². The molecule has 2 atom stereocenters. The van der Waals surface area contributed by atoms with Crippen molar-refractivity contribution in [2.24, 2.45) is 11.7 Å². The first-order chi connectivity index (χ1) is 10.0. The summed E-state index contributed by atoms with van der Waals surface area (Å²) in [6, 6.07) is 7.50. The molecule has 0 spiro atoms. The van der Waals surface area contributed by atoms with Crippen molar-refractivity contribution < 1.29 is 8.42 Å². The first kappa shape index (κ1) is 16.3. The molecule has 1 fully saturated rings. The third kappa shape index (κ3) is 4.45. The van der Waals surface area contributed by atoms with E-state index in [-0.39, 0.29) is 5.75 Å². The van der Waals surface area contributed by atoms with E-state index in [1.807, 2.05) is 19.1 Å². The Morgan fingerprint density at radius 3 is 2.76 bits per heavy atom. The molecule has 21 heavy (non-hydrogen) atoms. The van der Waals surface area contributed by atoms with Crippen LogP contribution in [0.4, 0.5) is 5.69 Å². The zero-order chi connectivity index (χ0) is 15.3. The highest BCUT2D eigenvalue weighted by atomic mass is 32.2. The van der Waals surface area contributed by atoms with Gasteiger partial charge in [0.1, 0.15) is 0 Å². The minimum absolute atomic E-state index is 0.194. The summed E-state index contributed by atoms with van der Waals surface area (Å²) in [5.41, 5.74) is 6.74. The van der Waals surface area contributed by atoms with Crippen molar-refractivity contribution in [3.05, 3.63) is 24.3 Å². The molecule has 118 valence electrons. The SMILES string of the molecule is CCCS(=O)(=O)c1ccccc1NCC1CCCC(N)C1. The summed E-state index contributed by atoms with van der Waals surface area (Å²) in [4.78, 5) is 0.423. The third-order valence-corrected chi connectivity index (χ3v) is 6.07.